The highest BCUT2D eigenvalue weighted by molar-refractivity contribution is 5.75. The molecule has 1 amide bonds. The Morgan fingerprint density at radius 3 is 3.00 bits per heavy atom. The van der Waals surface area contributed by atoms with E-state index >= 15 is 0 Å². The highest BCUT2D eigenvalue weighted by Crippen LogP contribution is 2.04. The van der Waals surface area contributed by atoms with Gasteiger partial charge in [-0.3, -0.25) is 10.2 Å². The van der Waals surface area contributed by atoms with Crippen LogP contribution in [0.25, 0.3) is 0 Å². The molecule has 14 heavy (non-hydrogen) atoms. The summed E-state index contributed by atoms with van der Waals surface area (Å²) in [5.74, 6) is 0.0570. The van der Waals surface area contributed by atoms with Gasteiger partial charge in [-0.05, 0) is 30.9 Å². The average molecular weight is 195 g/mol. The van der Waals surface area contributed by atoms with Gasteiger partial charge < -0.3 is 4.98 Å². The third-order valence-corrected chi connectivity index (χ3v) is 2.05. The van der Waals surface area contributed by atoms with Crippen molar-refractivity contribution in [2.45, 2.75) is 25.7 Å². The number of H-pyrrole nitrogens is 1. The van der Waals surface area contributed by atoms with Crippen LogP contribution in [0.15, 0.2) is 18.5 Å². The van der Waals surface area contributed by atoms with Crippen LogP contribution in [0, 0.1) is 0 Å². The van der Waals surface area contributed by atoms with Crippen LogP contribution in [0.1, 0.15) is 24.8 Å². The monoisotopic (exact) mass is 195 g/mol. The predicted molar refractivity (Wildman–Crippen MR) is 55.6 cm³/mol. The van der Waals surface area contributed by atoms with Gasteiger partial charge >= 0.3 is 0 Å². The minimum Gasteiger partial charge on any atom is -0.367 e. The van der Waals surface area contributed by atoms with Crippen molar-refractivity contribution in [3.63, 3.8) is 0 Å². The van der Waals surface area contributed by atoms with Gasteiger partial charge in [-0.25, -0.2) is 5.43 Å². The number of hydrogen-bond acceptors (Lipinski definition) is 2. The zero-order chi connectivity index (χ0) is 10.2. The molecule has 78 valence electrons. The first-order chi connectivity index (χ1) is 6.83. The van der Waals surface area contributed by atoms with Crippen LogP contribution < -0.4 is 10.9 Å². The number of nitrogens with one attached hydrogen (secondary N) is 3. The van der Waals surface area contributed by atoms with Gasteiger partial charge in [-0.2, -0.15) is 0 Å². The van der Waals surface area contributed by atoms with E-state index in [0.717, 1.165) is 19.3 Å². The summed E-state index contributed by atoms with van der Waals surface area (Å²) in [5.41, 5.74) is 6.47. The lowest BCUT2D eigenvalue weighted by Crippen LogP contribution is -2.33. The fourth-order valence-corrected chi connectivity index (χ4v) is 1.33. The van der Waals surface area contributed by atoms with E-state index in [0.29, 0.717) is 6.42 Å². The van der Waals surface area contributed by atoms with Crippen LogP contribution in [-0.4, -0.2) is 17.9 Å². The summed E-state index contributed by atoms with van der Waals surface area (Å²) in [5, 5.41) is 0. The van der Waals surface area contributed by atoms with E-state index in [1.807, 2.05) is 12.4 Å². The first-order valence-corrected chi connectivity index (χ1v) is 4.90. The molecule has 0 aromatic carbocycles. The molecule has 0 bridgehead atoms. The number of hydrogen-bond donors (Lipinski definition) is 3. The Balaban J connectivity index is 2.02. The highest BCUT2D eigenvalue weighted by Gasteiger charge is 1.99. The van der Waals surface area contributed by atoms with E-state index in [2.05, 4.69) is 21.9 Å². The molecule has 0 saturated carbocycles. The van der Waals surface area contributed by atoms with Gasteiger partial charge in [-0.1, -0.05) is 0 Å². The molecule has 0 aliphatic rings. The molecule has 1 heterocycles. The minimum atomic E-state index is 0.0570. The molecule has 0 saturated heterocycles. The number of aromatic nitrogens is 1. The van der Waals surface area contributed by atoms with Crippen molar-refractivity contribution in [1.82, 2.24) is 15.8 Å². The molecule has 1 aromatic heterocycles. The third kappa shape index (κ3) is 4.09. The topological polar surface area (TPSA) is 56.9 Å². The molecule has 3 N–H and O–H groups in total. The fraction of sp³-hybridized carbons (Fsp3) is 0.500. The molecule has 0 aliphatic carbocycles. The summed E-state index contributed by atoms with van der Waals surface area (Å²) in [7, 11) is 1.69. The highest BCUT2D eigenvalue weighted by atomic mass is 16.2. The number of hydrazine groups is 1. The summed E-state index contributed by atoms with van der Waals surface area (Å²) in [4.78, 5) is 14.0. The van der Waals surface area contributed by atoms with Crippen LogP contribution in [-0.2, 0) is 11.2 Å². The maximum absolute atomic E-state index is 11.0. The largest absolute Gasteiger partial charge is 0.367 e. The van der Waals surface area contributed by atoms with Crippen LogP contribution >= 0.6 is 0 Å². The number of aryl methyl sites for hydroxylation is 1. The summed E-state index contributed by atoms with van der Waals surface area (Å²) < 4.78 is 0. The quantitative estimate of drug-likeness (QED) is 0.468. The second-order valence-corrected chi connectivity index (χ2v) is 3.22. The number of unbranched alkanes of at least 4 members (excludes halogenated alkanes) is 1. The Bertz CT molecular complexity index is 256. The van der Waals surface area contributed by atoms with Crippen molar-refractivity contribution >= 4 is 5.91 Å². The van der Waals surface area contributed by atoms with Gasteiger partial charge in [0.25, 0.3) is 0 Å². The lowest BCUT2D eigenvalue weighted by molar-refractivity contribution is -0.122. The van der Waals surface area contributed by atoms with Gasteiger partial charge in [0.05, 0.1) is 0 Å². The number of aromatic amines is 1. The van der Waals surface area contributed by atoms with E-state index in [1.165, 1.54) is 5.56 Å². The van der Waals surface area contributed by atoms with Crippen LogP contribution in [0.4, 0.5) is 0 Å². The van der Waals surface area contributed by atoms with Crippen molar-refractivity contribution in [3.8, 4) is 0 Å². The van der Waals surface area contributed by atoms with Crippen LogP contribution in [0.2, 0.25) is 0 Å². The SMILES string of the molecule is CNNC(=O)CCCCc1cc[nH]c1. The summed E-state index contributed by atoms with van der Waals surface area (Å²) >= 11 is 0. The van der Waals surface area contributed by atoms with Gasteiger partial charge in [-0.15, -0.1) is 0 Å². The smallest absolute Gasteiger partial charge is 0.234 e. The number of carbonyl (C=O) groups excluding carboxylic acids is 1. The van der Waals surface area contributed by atoms with Crippen LogP contribution in [0.3, 0.4) is 0 Å². The van der Waals surface area contributed by atoms with Gasteiger partial charge in [0, 0.05) is 25.9 Å². The average Bonchev–Trinajstić information content (AvgIpc) is 2.65. The third-order valence-electron chi connectivity index (χ3n) is 2.05. The van der Waals surface area contributed by atoms with Gasteiger partial charge in [0.1, 0.15) is 0 Å². The Kier molecular flexibility index (Phi) is 4.78. The summed E-state index contributed by atoms with van der Waals surface area (Å²) in [6.45, 7) is 0. The molecular formula is C10H17N3O. The fourth-order valence-electron chi connectivity index (χ4n) is 1.33. The molecule has 4 heteroatoms. The van der Waals surface area contributed by atoms with Crippen molar-refractivity contribution in [2.24, 2.45) is 0 Å². The summed E-state index contributed by atoms with van der Waals surface area (Å²) in [6.07, 6.45) is 7.52. The first-order valence-electron chi connectivity index (χ1n) is 4.90. The van der Waals surface area contributed by atoms with Crippen molar-refractivity contribution in [1.29, 1.82) is 0 Å². The zero-order valence-electron chi connectivity index (χ0n) is 8.47. The number of rotatable bonds is 6. The number of carbonyl (C=O) groups is 1. The van der Waals surface area contributed by atoms with Crippen molar-refractivity contribution in [3.05, 3.63) is 24.0 Å². The maximum atomic E-state index is 11.0. The second kappa shape index (κ2) is 6.21. The van der Waals surface area contributed by atoms with Gasteiger partial charge in [0.15, 0.2) is 0 Å². The summed E-state index contributed by atoms with van der Waals surface area (Å²) in [6, 6.07) is 2.06. The van der Waals surface area contributed by atoms with Crippen molar-refractivity contribution in [2.75, 3.05) is 7.05 Å². The van der Waals surface area contributed by atoms with Gasteiger partial charge in [0.2, 0.25) is 5.91 Å². The van der Waals surface area contributed by atoms with E-state index in [-0.39, 0.29) is 5.91 Å². The van der Waals surface area contributed by atoms with E-state index < -0.39 is 0 Å². The molecule has 0 fully saturated rings. The predicted octanol–water partition coefficient (Wildman–Crippen LogP) is 0.978. The normalized spacial score (nSPS) is 10.1. The molecule has 1 rings (SSSR count). The molecule has 1 aromatic rings. The Morgan fingerprint density at radius 1 is 1.50 bits per heavy atom. The van der Waals surface area contributed by atoms with Crippen LogP contribution in [0.5, 0.6) is 0 Å². The van der Waals surface area contributed by atoms with E-state index in [9.17, 15) is 4.79 Å². The minimum absolute atomic E-state index is 0.0570. The lowest BCUT2D eigenvalue weighted by atomic mass is 10.1. The molecule has 0 unspecified atom stereocenters. The molecule has 4 nitrogen and oxygen atoms in total. The molecule has 0 radical (unpaired) electrons. The first kappa shape index (κ1) is 10.8. The molecule has 0 atom stereocenters. The van der Waals surface area contributed by atoms with Crippen molar-refractivity contribution < 1.29 is 4.79 Å². The second-order valence-electron chi connectivity index (χ2n) is 3.22. The Morgan fingerprint density at radius 2 is 2.36 bits per heavy atom. The Hall–Kier alpha value is -1.29. The molecule has 0 spiro atoms. The maximum Gasteiger partial charge on any atom is 0.234 e. The Labute approximate surface area is 84.1 Å². The standard InChI is InChI=1S/C10H17N3O/c1-11-13-10(14)5-3-2-4-9-6-7-12-8-9/h6-8,11-12H,2-5H2,1H3,(H,13,14). The van der Waals surface area contributed by atoms with E-state index in [1.54, 1.807) is 7.05 Å². The van der Waals surface area contributed by atoms with E-state index in [4.69, 9.17) is 0 Å². The zero-order valence-corrected chi connectivity index (χ0v) is 8.47. The molecule has 0 aliphatic heterocycles. The lowest BCUT2D eigenvalue weighted by Gasteiger charge is -2.01. The molecular weight excluding hydrogens is 178 g/mol. The number of amides is 1.